The van der Waals surface area contributed by atoms with Crippen LogP contribution in [0.2, 0.25) is 0 Å². The number of furan rings is 1. The highest BCUT2D eigenvalue weighted by Gasteiger charge is 2.01. The maximum atomic E-state index is 8.81. The van der Waals surface area contributed by atoms with Crippen LogP contribution in [0.1, 0.15) is 11.3 Å². The molecule has 0 bridgehead atoms. The lowest BCUT2D eigenvalue weighted by Crippen LogP contribution is -1.72. The maximum Gasteiger partial charge on any atom is 0.134 e. The van der Waals surface area contributed by atoms with Crippen LogP contribution in [-0.4, -0.2) is 5.11 Å². The minimum absolute atomic E-state index is 0.0340. The van der Waals surface area contributed by atoms with E-state index in [1.54, 1.807) is 0 Å². The summed E-state index contributed by atoms with van der Waals surface area (Å²) < 4.78 is 5.32. The molecule has 2 nitrogen and oxygen atoms in total. The molecule has 0 aliphatic carbocycles. The highest BCUT2D eigenvalue weighted by molar-refractivity contribution is 5.78. The number of hydrogen-bond acceptors (Lipinski definition) is 2. The highest BCUT2D eigenvalue weighted by Crippen LogP contribution is 2.20. The van der Waals surface area contributed by atoms with Gasteiger partial charge in [0.25, 0.3) is 0 Å². The summed E-state index contributed by atoms with van der Waals surface area (Å²) in [6.45, 7) is 2.00. The third kappa shape index (κ3) is 1.10. The zero-order valence-electron chi connectivity index (χ0n) is 6.87. The molecule has 2 heteroatoms. The second kappa shape index (κ2) is 2.64. The van der Waals surface area contributed by atoms with Gasteiger partial charge in [-0.1, -0.05) is 11.6 Å². The van der Waals surface area contributed by atoms with Crippen LogP contribution in [0.15, 0.2) is 28.7 Å². The molecule has 1 heterocycles. The van der Waals surface area contributed by atoms with Gasteiger partial charge in [0.2, 0.25) is 0 Å². The van der Waals surface area contributed by atoms with Crippen molar-refractivity contribution in [1.29, 1.82) is 0 Å². The van der Waals surface area contributed by atoms with Crippen LogP contribution in [0, 0.1) is 6.92 Å². The van der Waals surface area contributed by atoms with E-state index in [0.717, 1.165) is 11.0 Å². The normalized spacial score (nSPS) is 10.8. The smallest absolute Gasteiger partial charge is 0.134 e. The molecule has 0 saturated carbocycles. The highest BCUT2D eigenvalue weighted by atomic mass is 16.4. The van der Waals surface area contributed by atoms with Gasteiger partial charge < -0.3 is 9.52 Å². The number of aryl methyl sites for hydroxylation is 1. The first-order valence-electron chi connectivity index (χ1n) is 3.89. The number of rotatable bonds is 1. The van der Waals surface area contributed by atoms with E-state index in [9.17, 15) is 0 Å². The maximum absolute atomic E-state index is 8.81. The molecule has 0 unspecified atom stereocenters. The summed E-state index contributed by atoms with van der Waals surface area (Å²) in [6.07, 6.45) is 0. The molecule has 0 aliphatic rings. The summed E-state index contributed by atoms with van der Waals surface area (Å²) >= 11 is 0. The standard InChI is InChI=1S/C10H10O2/c1-7-2-3-10-8(4-7)5-9(6-11)12-10/h2-5,11H,6H2,1H3. The van der Waals surface area contributed by atoms with Gasteiger partial charge in [-0.15, -0.1) is 0 Å². The van der Waals surface area contributed by atoms with Crippen LogP contribution in [0.5, 0.6) is 0 Å². The van der Waals surface area contributed by atoms with E-state index < -0.39 is 0 Å². The largest absolute Gasteiger partial charge is 0.459 e. The van der Waals surface area contributed by atoms with Gasteiger partial charge in [0, 0.05) is 5.39 Å². The van der Waals surface area contributed by atoms with Gasteiger partial charge >= 0.3 is 0 Å². The SMILES string of the molecule is Cc1ccc2oc(CO)cc2c1. The van der Waals surface area contributed by atoms with Gasteiger partial charge in [-0.3, -0.25) is 0 Å². The van der Waals surface area contributed by atoms with Gasteiger partial charge in [0.1, 0.15) is 18.0 Å². The molecule has 2 rings (SSSR count). The van der Waals surface area contributed by atoms with Crippen LogP contribution < -0.4 is 0 Å². The van der Waals surface area contributed by atoms with Gasteiger partial charge in [0.15, 0.2) is 0 Å². The summed E-state index contributed by atoms with van der Waals surface area (Å²) in [7, 11) is 0. The molecule has 0 aliphatic heterocycles. The van der Waals surface area contributed by atoms with E-state index in [4.69, 9.17) is 9.52 Å². The van der Waals surface area contributed by atoms with Crippen molar-refractivity contribution in [1.82, 2.24) is 0 Å². The number of aliphatic hydroxyl groups excluding tert-OH is 1. The Morgan fingerprint density at radius 2 is 2.17 bits per heavy atom. The van der Waals surface area contributed by atoms with E-state index in [-0.39, 0.29) is 6.61 Å². The van der Waals surface area contributed by atoms with Gasteiger partial charge in [-0.05, 0) is 25.1 Å². The van der Waals surface area contributed by atoms with Crippen molar-refractivity contribution in [2.45, 2.75) is 13.5 Å². The van der Waals surface area contributed by atoms with Crippen molar-refractivity contribution in [2.75, 3.05) is 0 Å². The zero-order chi connectivity index (χ0) is 8.55. The molecule has 0 amide bonds. The molecule has 62 valence electrons. The lowest BCUT2D eigenvalue weighted by Gasteiger charge is -1.89. The molecule has 1 N–H and O–H groups in total. The molecule has 0 fully saturated rings. The number of fused-ring (bicyclic) bond motifs is 1. The molecule has 12 heavy (non-hydrogen) atoms. The van der Waals surface area contributed by atoms with E-state index in [1.165, 1.54) is 5.56 Å². The summed E-state index contributed by atoms with van der Waals surface area (Å²) in [5, 5.41) is 9.87. The topological polar surface area (TPSA) is 33.4 Å². The molecular weight excluding hydrogens is 152 g/mol. The minimum Gasteiger partial charge on any atom is -0.459 e. The van der Waals surface area contributed by atoms with Crippen molar-refractivity contribution in [2.24, 2.45) is 0 Å². The number of aliphatic hydroxyl groups is 1. The van der Waals surface area contributed by atoms with E-state index in [1.807, 2.05) is 31.2 Å². The lowest BCUT2D eigenvalue weighted by atomic mass is 10.2. The van der Waals surface area contributed by atoms with Crippen LogP contribution in [-0.2, 0) is 6.61 Å². The van der Waals surface area contributed by atoms with E-state index in [0.29, 0.717) is 5.76 Å². The van der Waals surface area contributed by atoms with E-state index in [2.05, 4.69) is 0 Å². The Bertz CT molecular complexity index is 401. The van der Waals surface area contributed by atoms with Crippen molar-refractivity contribution < 1.29 is 9.52 Å². The zero-order valence-corrected chi connectivity index (χ0v) is 6.87. The summed E-state index contributed by atoms with van der Waals surface area (Å²) in [5.74, 6) is 0.621. The molecule has 2 aromatic rings. The Balaban J connectivity index is 2.67. The fourth-order valence-corrected chi connectivity index (χ4v) is 1.30. The number of hydrogen-bond donors (Lipinski definition) is 1. The Morgan fingerprint density at radius 1 is 1.33 bits per heavy atom. The van der Waals surface area contributed by atoms with Crippen LogP contribution in [0.4, 0.5) is 0 Å². The van der Waals surface area contributed by atoms with Gasteiger partial charge in [-0.25, -0.2) is 0 Å². The van der Waals surface area contributed by atoms with Crippen LogP contribution >= 0.6 is 0 Å². The summed E-state index contributed by atoms with van der Waals surface area (Å²) in [5.41, 5.74) is 2.04. The summed E-state index contributed by atoms with van der Waals surface area (Å²) in [4.78, 5) is 0. The van der Waals surface area contributed by atoms with Gasteiger partial charge in [0.05, 0.1) is 0 Å². The Morgan fingerprint density at radius 3 is 2.92 bits per heavy atom. The average Bonchev–Trinajstić information content (AvgIpc) is 2.46. The number of benzene rings is 1. The van der Waals surface area contributed by atoms with Crippen LogP contribution in [0.25, 0.3) is 11.0 Å². The molecule has 0 atom stereocenters. The molecule has 1 aromatic heterocycles. The Kier molecular flexibility index (Phi) is 1.62. The average molecular weight is 162 g/mol. The first kappa shape index (κ1) is 7.37. The lowest BCUT2D eigenvalue weighted by molar-refractivity contribution is 0.251. The van der Waals surface area contributed by atoms with Gasteiger partial charge in [-0.2, -0.15) is 0 Å². The fraction of sp³-hybridized carbons (Fsp3) is 0.200. The molecule has 0 spiro atoms. The third-order valence-electron chi connectivity index (χ3n) is 1.88. The van der Waals surface area contributed by atoms with Crippen molar-refractivity contribution in [3.63, 3.8) is 0 Å². The fourth-order valence-electron chi connectivity index (χ4n) is 1.30. The van der Waals surface area contributed by atoms with Crippen LogP contribution in [0.3, 0.4) is 0 Å². The minimum atomic E-state index is -0.0340. The third-order valence-corrected chi connectivity index (χ3v) is 1.88. The molecule has 0 radical (unpaired) electrons. The predicted molar refractivity (Wildman–Crippen MR) is 46.9 cm³/mol. The van der Waals surface area contributed by atoms with Crippen molar-refractivity contribution >= 4 is 11.0 Å². The first-order valence-corrected chi connectivity index (χ1v) is 3.89. The monoisotopic (exact) mass is 162 g/mol. The Labute approximate surface area is 70.4 Å². The quantitative estimate of drug-likeness (QED) is 0.697. The predicted octanol–water partition coefficient (Wildman–Crippen LogP) is 2.23. The summed E-state index contributed by atoms with van der Waals surface area (Å²) in [6, 6.07) is 7.82. The Hall–Kier alpha value is -1.28. The second-order valence-corrected chi connectivity index (χ2v) is 2.91. The second-order valence-electron chi connectivity index (χ2n) is 2.91. The molecular formula is C10H10O2. The molecule has 0 saturated heterocycles. The van der Waals surface area contributed by atoms with Crippen molar-refractivity contribution in [3.05, 3.63) is 35.6 Å². The molecule has 1 aromatic carbocycles. The van der Waals surface area contributed by atoms with E-state index >= 15 is 0 Å². The first-order chi connectivity index (χ1) is 5.79. The van der Waals surface area contributed by atoms with Crippen molar-refractivity contribution in [3.8, 4) is 0 Å².